The van der Waals surface area contributed by atoms with Crippen molar-refractivity contribution in [2.24, 2.45) is 23.7 Å². The number of rotatable bonds is 7. The normalized spacial score (nSPS) is 25.7. The van der Waals surface area contributed by atoms with Crippen LogP contribution in [0.1, 0.15) is 25.8 Å². The van der Waals surface area contributed by atoms with Crippen LogP contribution >= 0.6 is 0 Å². The zero-order valence-corrected chi connectivity index (χ0v) is 14.9. The number of ether oxygens (including phenoxy) is 2. The van der Waals surface area contributed by atoms with Crippen LogP contribution < -0.4 is 0 Å². The van der Waals surface area contributed by atoms with Crippen molar-refractivity contribution >= 4 is 18.0 Å². The van der Waals surface area contributed by atoms with Crippen LogP contribution in [0.4, 0.5) is 0 Å². The highest BCUT2D eigenvalue weighted by Crippen LogP contribution is 2.43. The van der Waals surface area contributed by atoms with Gasteiger partial charge in [0.25, 0.3) is 0 Å². The topological polar surface area (TPSA) is 52.6 Å². The summed E-state index contributed by atoms with van der Waals surface area (Å²) in [5.74, 6) is 0.0854. The SMILES string of the molecule is C=C[C@H]1CC(/C=C/c2ccccc2)[C@@H](COC(C)=O)[C@H]1COC(C)=O. The average molecular weight is 342 g/mol. The molecule has 1 aliphatic rings. The van der Waals surface area contributed by atoms with E-state index in [9.17, 15) is 9.59 Å². The van der Waals surface area contributed by atoms with Gasteiger partial charge in [-0.2, -0.15) is 0 Å². The second kappa shape index (κ2) is 9.21. The van der Waals surface area contributed by atoms with E-state index in [-0.39, 0.29) is 35.6 Å². The molecule has 1 aliphatic carbocycles. The van der Waals surface area contributed by atoms with Crippen LogP contribution in [-0.2, 0) is 19.1 Å². The molecule has 0 aliphatic heterocycles. The second-order valence-corrected chi connectivity index (χ2v) is 6.50. The molecule has 0 bridgehead atoms. The van der Waals surface area contributed by atoms with Gasteiger partial charge in [0.05, 0.1) is 13.2 Å². The van der Waals surface area contributed by atoms with Gasteiger partial charge in [-0.3, -0.25) is 9.59 Å². The van der Waals surface area contributed by atoms with Crippen molar-refractivity contribution in [2.45, 2.75) is 20.3 Å². The van der Waals surface area contributed by atoms with Gasteiger partial charge in [0.15, 0.2) is 0 Å². The van der Waals surface area contributed by atoms with Crippen molar-refractivity contribution in [3.05, 3.63) is 54.6 Å². The first-order valence-corrected chi connectivity index (χ1v) is 8.63. The molecule has 1 aromatic carbocycles. The van der Waals surface area contributed by atoms with Crippen LogP contribution in [0.25, 0.3) is 6.08 Å². The van der Waals surface area contributed by atoms with E-state index in [1.807, 2.05) is 36.4 Å². The van der Waals surface area contributed by atoms with Crippen LogP contribution in [0.15, 0.2) is 49.1 Å². The number of allylic oxidation sites excluding steroid dienone is 2. The van der Waals surface area contributed by atoms with E-state index in [1.165, 1.54) is 13.8 Å². The Balaban J connectivity index is 2.16. The van der Waals surface area contributed by atoms with Gasteiger partial charge in [0.1, 0.15) is 0 Å². The molecule has 2 rings (SSSR count). The molecule has 1 fully saturated rings. The summed E-state index contributed by atoms with van der Waals surface area (Å²) in [5.41, 5.74) is 1.13. The fourth-order valence-corrected chi connectivity index (χ4v) is 3.51. The maximum Gasteiger partial charge on any atom is 0.302 e. The van der Waals surface area contributed by atoms with Gasteiger partial charge in [0.2, 0.25) is 0 Å². The molecule has 0 radical (unpaired) electrons. The highest BCUT2D eigenvalue weighted by molar-refractivity contribution is 5.66. The van der Waals surface area contributed by atoms with Crippen molar-refractivity contribution in [1.29, 1.82) is 0 Å². The van der Waals surface area contributed by atoms with E-state index in [1.54, 1.807) is 0 Å². The lowest BCUT2D eigenvalue weighted by molar-refractivity contribution is -0.147. The summed E-state index contributed by atoms with van der Waals surface area (Å²) in [6, 6.07) is 10.1. The summed E-state index contributed by atoms with van der Waals surface area (Å²) in [6.07, 6.45) is 7.10. The monoisotopic (exact) mass is 342 g/mol. The molecule has 1 saturated carbocycles. The Morgan fingerprint density at radius 3 is 2.12 bits per heavy atom. The van der Waals surface area contributed by atoms with Gasteiger partial charge in [-0.15, -0.1) is 6.58 Å². The van der Waals surface area contributed by atoms with Crippen molar-refractivity contribution in [2.75, 3.05) is 13.2 Å². The Hall–Kier alpha value is -2.36. The first kappa shape index (κ1) is 19.0. The van der Waals surface area contributed by atoms with Crippen molar-refractivity contribution in [3.63, 3.8) is 0 Å². The number of hydrogen-bond acceptors (Lipinski definition) is 4. The Kier molecular flexibility index (Phi) is 6.99. The summed E-state index contributed by atoms with van der Waals surface area (Å²) in [7, 11) is 0. The quantitative estimate of drug-likeness (QED) is 0.557. The summed E-state index contributed by atoms with van der Waals surface area (Å²) < 4.78 is 10.5. The van der Waals surface area contributed by atoms with Crippen LogP contribution in [0.5, 0.6) is 0 Å². The smallest absolute Gasteiger partial charge is 0.302 e. The summed E-state index contributed by atoms with van der Waals surface area (Å²) in [6.45, 7) is 7.41. The van der Waals surface area contributed by atoms with Gasteiger partial charge in [-0.1, -0.05) is 48.6 Å². The molecule has 0 aromatic heterocycles. The molecule has 0 heterocycles. The predicted octanol–water partition coefficient (Wildman–Crippen LogP) is 3.88. The summed E-state index contributed by atoms with van der Waals surface area (Å²) >= 11 is 0. The first-order valence-electron chi connectivity index (χ1n) is 8.63. The Morgan fingerprint density at radius 1 is 1.04 bits per heavy atom. The lowest BCUT2D eigenvalue weighted by Crippen LogP contribution is -2.27. The van der Waals surface area contributed by atoms with Gasteiger partial charge >= 0.3 is 11.9 Å². The molecule has 0 spiro atoms. The van der Waals surface area contributed by atoms with Crippen LogP contribution in [0.2, 0.25) is 0 Å². The molecule has 4 nitrogen and oxygen atoms in total. The molecular weight excluding hydrogens is 316 g/mol. The van der Waals surface area contributed by atoms with Gasteiger partial charge in [-0.25, -0.2) is 0 Å². The maximum atomic E-state index is 11.3. The molecule has 0 N–H and O–H groups in total. The predicted molar refractivity (Wildman–Crippen MR) is 97.5 cm³/mol. The lowest BCUT2D eigenvalue weighted by Gasteiger charge is -2.24. The average Bonchev–Trinajstić information content (AvgIpc) is 2.93. The number of hydrogen-bond donors (Lipinski definition) is 0. The molecular formula is C21H26O4. The van der Waals surface area contributed by atoms with E-state index in [0.29, 0.717) is 13.2 Å². The summed E-state index contributed by atoms with van der Waals surface area (Å²) in [4.78, 5) is 22.5. The van der Waals surface area contributed by atoms with Crippen LogP contribution in [0.3, 0.4) is 0 Å². The molecule has 1 aromatic rings. The molecule has 0 amide bonds. The molecule has 4 atom stereocenters. The zero-order valence-electron chi connectivity index (χ0n) is 14.9. The Bertz CT molecular complexity index is 620. The fourth-order valence-electron chi connectivity index (χ4n) is 3.51. The van der Waals surface area contributed by atoms with Crippen molar-refractivity contribution in [3.8, 4) is 0 Å². The van der Waals surface area contributed by atoms with Gasteiger partial charge in [0, 0.05) is 25.7 Å². The molecule has 0 saturated heterocycles. The third-order valence-corrected chi connectivity index (χ3v) is 4.79. The second-order valence-electron chi connectivity index (χ2n) is 6.50. The largest absolute Gasteiger partial charge is 0.466 e. The van der Waals surface area contributed by atoms with Crippen LogP contribution in [-0.4, -0.2) is 25.2 Å². The number of carbonyl (C=O) groups excluding carboxylic acids is 2. The molecule has 25 heavy (non-hydrogen) atoms. The molecule has 4 heteroatoms. The zero-order chi connectivity index (χ0) is 18.2. The van der Waals surface area contributed by atoms with Gasteiger partial charge < -0.3 is 9.47 Å². The minimum Gasteiger partial charge on any atom is -0.466 e. The van der Waals surface area contributed by atoms with E-state index < -0.39 is 0 Å². The Labute approximate surface area is 149 Å². The van der Waals surface area contributed by atoms with E-state index >= 15 is 0 Å². The first-order chi connectivity index (χ1) is 12.0. The lowest BCUT2D eigenvalue weighted by atomic mass is 9.87. The molecule has 1 unspecified atom stereocenters. The van der Waals surface area contributed by atoms with E-state index in [4.69, 9.17) is 9.47 Å². The highest BCUT2D eigenvalue weighted by atomic mass is 16.5. The minimum atomic E-state index is -0.294. The standard InChI is InChI=1S/C21H26O4/c1-4-18-12-19(11-10-17-8-6-5-7-9-17)21(14-25-16(3)23)20(18)13-24-15(2)22/h4-11,18-21H,1,12-14H2,2-3H3/b11-10+/t18-,19?,20-,21+/m0/s1. The van der Waals surface area contributed by atoms with Crippen molar-refractivity contribution < 1.29 is 19.1 Å². The van der Waals surface area contributed by atoms with Crippen molar-refractivity contribution in [1.82, 2.24) is 0 Å². The van der Waals surface area contributed by atoms with Gasteiger partial charge in [-0.05, 0) is 23.8 Å². The third-order valence-electron chi connectivity index (χ3n) is 4.79. The third kappa shape index (κ3) is 5.59. The molecule has 134 valence electrons. The van der Waals surface area contributed by atoms with E-state index in [0.717, 1.165) is 12.0 Å². The number of carbonyl (C=O) groups is 2. The van der Waals surface area contributed by atoms with Crippen LogP contribution in [0, 0.1) is 23.7 Å². The maximum absolute atomic E-state index is 11.3. The Morgan fingerprint density at radius 2 is 1.60 bits per heavy atom. The number of esters is 2. The van der Waals surface area contributed by atoms with E-state index in [2.05, 4.69) is 18.7 Å². The number of benzene rings is 1. The summed E-state index contributed by atoms with van der Waals surface area (Å²) in [5, 5.41) is 0. The minimum absolute atomic E-state index is 0.103. The highest BCUT2D eigenvalue weighted by Gasteiger charge is 2.41. The fraction of sp³-hybridized carbons (Fsp3) is 0.429.